The van der Waals surface area contributed by atoms with E-state index in [1.54, 1.807) is 0 Å². The van der Waals surface area contributed by atoms with E-state index >= 15 is 0 Å². The average Bonchev–Trinajstić information content (AvgIpc) is 3.73. The van der Waals surface area contributed by atoms with Crippen LogP contribution in [0.25, 0.3) is 16.6 Å². The number of carbonyl (C=O) groups is 1. The summed E-state index contributed by atoms with van der Waals surface area (Å²) in [4.78, 5) is 16.7. The third-order valence-corrected chi connectivity index (χ3v) is 7.35. The second kappa shape index (κ2) is 11.0. The standard InChI is InChI=1S/C31H32N6O/c38-31(27-16-9-19-32-27)34-28(20-23-21-33-26-15-8-7-14-25(23)26)30-36-35-29(18-17-22-10-3-1-4-11-22)37(30)24-12-5-2-6-13-24/h1-8,10-15,21,27-28,32-33H,9,16-20H2,(H,34,38)/t27-,28?/m0/s1. The highest BCUT2D eigenvalue weighted by Gasteiger charge is 2.29. The molecule has 1 fully saturated rings. The lowest BCUT2D eigenvalue weighted by Crippen LogP contribution is -2.43. The van der Waals surface area contributed by atoms with Crippen LogP contribution in [0.2, 0.25) is 0 Å². The molecule has 3 N–H and O–H groups in total. The number of H-pyrrole nitrogens is 1. The Morgan fingerprint density at radius 2 is 1.71 bits per heavy atom. The van der Waals surface area contributed by atoms with Gasteiger partial charge in [-0.25, -0.2) is 0 Å². The molecular formula is C31H32N6O. The van der Waals surface area contributed by atoms with Gasteiger partial charge in [-0.05, 0) is 55.1 Å². The summed E-state index contributed by atoms with van der Waals surface area (Å²) in [6.07, 6.45) is 6.10. The minimum atomic E-state index is -0.345. The molecule has 1 aliphatic heterocycles. The molecule has 2 atom stereocenters. The Kier molecular flexibility index (Phi) is 7.00. The number of para-hydroxylation sites is 2. The van der Waals surface area contributed by atoms with Crippen LogP contribution in [-0.4, -0.2) is 38.2 Å². The number of carbonyl (C=O) groups excluding carboxylic acids is 1. The first-order chi connectivity index (χ1) is 18.8. The number of aromatic nitrogens is 4. The molecule has 3 heterocycles. The topological polar surface area (TPSA) is 87.6 Å². The van der Waals surface area contributed by atoms with Crippen molar-refractivity contribution in [3.8, 4) is 5.69 Å². The number of aromatic amines is 1. The summed E-state index contributed by atoms with van der Waals surface area (Å²) in [6.45, 7) is 0.870. The zero-order valence-corrected chi connectivity index (χ0v) is 21.3. The van der Waals surface area contributed by atoms with Gasteiger partial charge in [0.25, 0.3) is 0 Å². The predicted octanol–water partition coefficient (Wildman–Crippen LogP) is 4.69. The van der Waals surface area contributed by atoms with Gasteiger partial charge in [0.15, 0.2) is 5.82 Å². The largest absolute Gasteiger partial charge is 0.361 e. The van der Waals surface area contributed by atoms with Crippen molar-refractivity contribution in [2.45, 2.75) is 44.2 Å². The summed E-state index contributed by atoms with van der Waals surface area (Å²) in [5, 5.41) is 17.2. The van der Waals surface area contributed by atoms with E-state index in [1.165, 1.54) is 5.56 Å². The first-order valence-electron chi connectivity index (χ1n) is 13.4. The Morgan fingerprint density at radius 1 is 0.947 bits per heavy atom. The lowest BCUT2D eigenvalue weighted by molar-refractivity contribution is -0.123. The van der Waals surface area contributed by atoms with E-state index in [9.17, 15) is 4.79 Å². The molecule has 1 unspecified atom stereocenters. The maximum Gasteiger partial charge on any atom is 0.237 e. The van der Waals surface area contributed by atoms with Crippen LogP contribution in [-0.2, 0) is 24.1 Å². The van der Waals surface area contributed by atoms with Crippen molar-refractivity contribution >= 4 is 16.8 Å². The second-order valence-electron chi connectivity index (χ2n) is 9.90. The van der Waals surface area contributed by atoms with Crippen LogP contribution in [0.4, 0.5) is 0 Å². The Morgan fingerprint density at radius 3 is 2.50 bits per heavy atom. The monoisotopic (exact) mass is 504 g/mol. The molecule has 0 aliphatic carbocycles. The van der Waals surface area contributed by atoms with Gasteiger partial charge in [0.05, 0.1) is 12.1 Å². The normalized spacial score (nSPS) is 16.1. The molecule has 0 spiro atoms. The van der Waals surface area contributed by atoms with E-state index < -0.39 is 0 Å². The summed E-state index contributed by atoms with van der Waals surface area (Å²) in [5.74, 6) is 1.64. The van der Waals surface area contributed by atoms with E-state index in [-0.39, 0.29) is 18.0 Å². The van der Waals surface area contributed by atoms with Crippen molar-refractivity contribution in [2.24, 2.45) is 0 Å². The Hall–Kier alpha value is -4.23. The van der Waals surface area contributed by atoms with Gasteiger partial charge >= 0.3 is 0 Å². The molecule has 7 nitrogen and oxygen atoms in total. The molecular weight excluding hydrogens is 472 g/mol. The molecule has 0 bridgehead atoms. The zero-order chi connectivity index (χ0) is 25.7. The first-order valence-corrected chi connectivity index (χ1v) is 13.4. The number of hydrogen-bond donors (Lipinski definition) is 3. The van der Waals surface area contributed by atoms with Crippen molar-refractivity contribution in [3.05, 3.63) is 114 Å². The summed E-state index contributed by atoms with van der Waals surface area (Å²) >= 11 is 0. The van der Waals surface area contributed by atoms with Gasteiger partial charge in [0.2, 0.25) is 5.91 Å². The molecule has 1 saturated heterocycles. The fourth-order valence-electron chi connectivity index (χ4n) is 5.39. The summed E-state index contributed by atoms with van der Waals surface area (Å²) < 4.78 is 2.13. The summed E-state index contributed by atoms with van der Waals surface area (Å²) in [7, 11) is 0. The number of amides is 1. The highest BCUT2D eigenvalue weighted by Crippen LogP contribution is 2.27. The summed E-state index contributed by atoms with van der Waals surface area (Å²) in [6, 6.07) is 28.4. The number of rotatable bonds is 9. The molecule has 7 heteroatoms. The molecule has 192 valence electrons. The van der Waals surface area contributed by atoms with E-state index in [0.717, 1.165) is 66.0 Å². The van der Waals surface area contributed by atoms with E-state index in [1.807, 2.05) is 42.6 Å². The second-order valence-corrected chi connectivity index (χ2v) is 9.90. The molecule has 3 aromatic carbocycles. The molecule has 38 heavy (non-hydrogen) atoms. The molecule has 5 aromatic rings. The molecule has 0 saturated carbocycles. The Labute approximate surface area is 222 Å². The van der Waals surface area contributed by atoms with E-state index in [4.69, 9.17) is 5.10 Å². The smallest absolute Gasteiger partial charge is 0.237 e. The maximum atomic E-state index is 13.3. The minimum absolute atomic E-state index is 0.0146. The zero-order valence-electron chi connectivity index (χ0n) is 21.3. The van der Waals surface area contributed by atoms with Crippen molar-refractivity contribution in [1.29, 1.82) is 0 Å². The fourth-order valence-corrected chi connectivity index (χ4v) is 5.39. The van der Waals surface area contributed by atoms with Crippen LogP contribution >= 0.6 is 0 Å². The Bertz CT molecular complexity index is 1500. The van der Waals surface area contributed by atoms with E-state index in [0.29, 0.717) is 6.42 Å². The van der Waals surface area contributed by atoms with Gasteiger partial charge in [0, 0.05) is 35.6 Å². The molecule has 1 amide bonds. The highest BCUT2D eigenvalue weighted by molar-refractivity contribution is 5.84. The van der Waals surface area contributed by atoms with Gasteiger partial charge in [-0.1, -0.05) is 66.7 Å². The van der Waals surface area contributed by atoms with Crippen LogP contribution in [0, 0.1) is 0 Å². The van der Waals surface area contributed by atoms with Crippen molar-refractivity contribution < 1.29 is 4.79 Å². The molecule has 1 aliphatic rings. The highest BCUT2D eigenvalue weighted by atomic mass is 16.2. The van der Waals surface area contributed by atoms with Crippen LogP contribution in [0.5, 0.6) is 0 Å². The maximum absolute atomic E-state index is 13.3. The number of nitrogens with zero attached hydrogens (tertiary/aromatic N) is 3. The van der Waals surface area contributed by atoms with Gasteiger partial charge in [0.1, 0.15) is 5.82 Å². The summed E-state index contributed by atoms with van der Waals surface area (Å²) in [5.41, 5.74) is 4.47. The molecule has 2 aromatic heterocycles. The third-order valence-electron chi connectivity index (χ3n) is 7.35. The third kappa shape index (κ3) is 5.10. The van der Waals surface area contributed by atoms with Gasteiger partial charge in [-0.2, -0.15) is 0 Å². The van der Waals surface area contributed by atoms with Crippen LogP contribution in [0.15, 0.2) is 91.1 Å². The van der Waals surface area contributed by atoms with Crippen LogP contribution in [0.1, 0.15) is 41.7 Å². The van der Waals surface area contributed by atoms with Crippen LogP contribution < -0.4 is 10.6 Å². The van der Waals surface area contributed by atoms with Crippen LogP contribution in [0.3, 0.4) is 0 Å². The number of benzene rings is 3. The molecule has 6 rings (SSSR count). The Balaban J connectivity index is 1.38. The van der Waals surface area contributed by atoms with Crippen molar-refractivity contribution in [1.82, 2.24) is 30.4 Å². The van der Waals surface area contributed by atoms with Gasteiger partial charge < -0.3 is 15.6 Å². The SMILES string of the molecule is O=C(NC(Cc1c[nH]c2ccccc12)c1nnc(CCc2ccccc2)n1-c1ccccc1)[C@@H]1CCCN1. The van der Waals surface area contributed by atoms with Crippen molar-refractivity contribution in [3.63, 3.8) is 0 Å². The lowest BCUT2D eigenvalue weighted by Gasteiger charge is -2.22. The van der Waals surface area contributed by atoms with Crippen molar-refractivity contribution in [2.75, 3.05) is 6.54 Å². The van der Waals surface area contributed by atoms with Gasteiger partial charge in [-0.15, -0.1) is 10.2 Å². The first kappa shape index (κ1) is 24.1. The number of hydrogen-bond acceptors (Lipinski definition) is 4. The average molecular weight is 505 g/mol. The predicted molar refractivity (Wildman–Crippen MR) is 149 cm³/mol. The minimum Gasteiger partial charge on any atom is -0.361 e. The molecule has 0 radical (unpaired) electrons. The quantitative estimate of drug-likeness (QED) is 0.272. The van der Waals surface area contributed by atoms with Gasteiger partial charge in [-0.3, -0.25) is 9.36 Å². The lowest BCUT2D eigenvalue weighted by atomic mass is 10.0. The number of aryl methyl sites for hydroxylation is 2. The fraction of sp³-hybridized carbons (Fsp3) is 0.258. The number of fused-ring (bicyclic) bond motifs is 1. The van der Waals surface area contributed by atoms with E-state index in [2.05, 4.69) is 73.8 Å². The number of nitrogens with one attached hydrogen (secondary N) is 3.